The van der Waals surface area contributed by atoms with Crippen LogP contribution in [0.15, 0.2) is 46.6 Å². The zero-order chi connectivity index (χ0) is 60.9. The van der Waals surface area contributed by atoms with Crippen LogP contribution in [0, 0.1) is 33.2 Å². The van der Waals surface area contributed by atoms with Crippen LogP contribution in [0.1, 0.15) is 154 Å². The average Bonchev–Trinajstić information content (AvgIpc) is 3.86. The lowest BCUT2D eigenvalue weighted by molar-refractivity contribution is -0.193. The maximum Gasteiger partial charge on any atom is 0.537 e. The van der Waals surface area contributed by atoms with Gasteiger partial charge in [-0.25, -0.2) is 28.7 Å². The molecule has 5 N–H and O–H groups in total. The number of hydroxylamine groups is 4. The third-order valence-corrected chi connectivity index (χ3v) is 11.2. The van der Waals surface area contributed by atoms with Gasteiger partial charge in [0.05, 0.1) is 11.8 Å². The Bertz CT molecular complexity index is 2190. The van der Waals surface area contributed by atoms with Crippen LogP contribution < -0.4 is 10.6 Å². The number of esters is 2. The second-order valence-electron chi connectivity index (χ2n) is 18.8. The number of carbonyl (C=O) groups excluding carboxylic acids is 11. The van der Waals surface area contributed by atoms with Crippen molar-refractivity contribution in [1.29, 1.82) is 9.56 Å². The summed E-state index contributed by atoms with van der Waals surface area (Å²) in [6.07, 6.45) is 9.85. The maximum absolute atomic E-state index is 12.3. The lowest BCUT2D eigenvalue weighted by Gasteiger charge is -2.28. The first-order valence-electron chi connectivity index (χ1n) is 24.9. The van der Waals surface area contributed by atoms with E-state index in [0.29, 0.717) is 47.9 Å². The summed E-state index contributed by atoms with van der Waals surface area (Å²) in [5, 5.41) is 14.2. The number of imide groups is 2. The summed E-state index contributed by atoms with van der Waals surface area (Å²) in [4.78, 5) is 145. The van der Waals surface area contributed by atoms with Gasteiger partial charge in [-0.3, -0.25) is 43.2 Å². The first-order chi connectivity index (χ1) is 37.1. The fourth-order valence-electron chi connectivity index (χ4n) is 7.22. The third-order valence-electron chi connectivity index (χ3n) is 10.8. The Morgan fingerprint density at radius 3 is 1.18 bits per heavy atom. The Morgan fingerprint density at radius 2 is 0.875 bits per heavy atom. The molecule has 4 fully saturated rings. The molecule has 2 atom stereocenters. The standard InChI is InChI=1S/C20H28N2O8.C17H27NO5S.C9H11NO4.C5H8O2.CH4.2HNS/c1-12(2)10-16(23)21-11-14-4-6-15(7-5-14)19(26)28-13(3)29-20(27)30-22-17(24)8-9-18(22)25;1-11(2)9-15(19)18-10-13-5-7-14(8-6-13)16(20)22-12(3)23-17(21)24-4;1-6(2)5-9(13)14-10-7(11)3-4-8(10)12;1-4(2)3-5(6)7;;2*1-2/h10,13-15H,4-9,11H2,1-3H3,(H,21,23);9,12-14H,5-8,10H2,1-4H3,(H,18,19);5H,3-4H2,1-2H3;3H,1-2H3,(H,6,7);1H4;2*1H. The van der Waals surface area contributed by atoms with Gasteiger partial charge in [-0.15, -0.1) is 5.06 Å². The van der Waals surface area contributed by atoms with Crippen molar-refractivity contribution in [2.45, 2.75) is 166 Å². The van der Waals surface area contributed by atoms with Gasteiger partial charge < -0.3 is 39.5 Å². The van der Waals surface area contributed by atoms with E-state index in [9.17, 15) is 57.5 Å². The van der Waals surface area contributed by atoms with Crippen molar-refractivity contribution < 1.29 is 91.3 Å². The van der Waals surface area contributed by atoms with Crippen LogP contribution in [0.3, 0.4) is 0 Å². The molecule has 0 radical (unpaired) electrons. The number of amides is 6. The zero-order valence-corrected chi connectivity index (χ0v) is 49.0. The lowest BCUT2D eigenvalue weighted by Crippen LogP contribution is -2.35. The normalized spacial score (nSPS) is 18.2. The predicted molar refractivity (Wildman–Crippen MR) is 296 cm³/mol. The van der Waals surface area contributed by atoms with Crippen molar-refractivity contribution >= 4 is 107 Å². The molecular formula is C52H80N6O19S3. The molecule has 25 nitrogen and oxygen atoms in total. The minimum atomic E-state index is -1.30. The van der Waals surface area contributed by atoms with Crippen molar-refractivity contribution in [3.63, 3.8) is 0 Å². The van der Waals surface area contributed by atoms with Crippen LogP contribution in [-0.2, 0) is 101 Å². The van der Waals surface area contributed by atoms with Crippen LogP contribution in [0.25, 0.3) is 0 Å². The van der Waals surface area contributed by atoms with Crippen molar-refractivity contribution in [2.75, 3.05) is 19.3 Å². The Balaban J connectivity index is -0.00000105. The summed E-state index contributed by atoms with van der Waals surface area (Å²) in [6, 6.07) is 0. The molecule has 0 aromatic rings. The number of ether oxygens (including phenoxy) is 4. The van der Waals surface area contributed by atoms with Crippen molar-refractivity contribution in [3.8, 4) is 0 Å². The number of carboxylic acid groups (broad SMARTS) is 1. The van der Waals surface area contributed by atoms with E-state index >= 15 is 0 Å². The Labute approximate surface area is 482 Å². The Morgan fingerprint density at radius 1 is 0.550 bits per heavy atom. The topological polar surface area (TPSA) is 359 Å². The van der Waals surface area contributed by atoms with Crippen LogP contribution in [0.2, 0.25) is 0 Å². The highest BCUT2D eigenvalue weighted by molar-refractivity contribution is 8.12. The van der Waals surface area contributed by atoms with E-state index in [4.69, 9.17) is 33.6 Å². The molecule has 4 aliphatic rings. The van der Waals surface area contributed by atoms with Crippen LogP contribution in [-0.4, -0.2) is 118 Å². The number of carboxylic acids is 1. The largest absolute Gasteiger partial charge is 0.537 e. The van der Waals surface area contributed by atoms with Crippen LogP contribution >= 0.6 is 11.8 Å². The predicted octanol–water partition coefficient (Wildman–Crippen LogP) is 8.07. The fourth-order valence-corrected chi connectivity index (χ4v) is 7.45. The molecule has 0 aromatic heterocycles. The van der Waals surface area contributed by atoms with Crippen molar-refractivity contribution in [1.82, 2.24) is 20.8 Å². The Kier molecular flexibility index (Phi) is 41.7. The van der Waals surface area contributed by atoms with Gasteiger partial charge in [-0.1, -0.05) is 34.8 Å². The smallest absolute Gasteiger partial charge is 0.478 e. The SMILES string of the molecule is C.CC(C)=CC(=O)NCC1CCC(C(=O)OC(C)OC(=O)ON2C(=O)CCC2=O)CC1.CC(C)=CC(=O)O.CC(C)=CC(=O)ON1C(=O)CCC1=O.CSC(=O)OC(C)OC(=O)C1CCC(CNC(=O)C=C(C)C)CC1.N=S.N=S. The summed E-state index contributed by atoms with van der Waals surface area (Å²) in [5.74, 6) is -4.57. The summed E-state index contributed by atoms with van der Waals surface area (Å²) in [5.41, 5.74) is 3.45. The molecule has 2 saturated heterocycles. The second kappa shape index (κ2) is 43.0. The van der Waals surface area contributed by atoms with E-state index in [-0.39, 0.29) is 62.7 Å². The van der Waals surface area contributed by atoms with Gasteiger partial charge in [0.1, 0.15) is 0 Å². The fraction of sp³-hybridized carbons (Fsp3) is 0.615. The van der Waals surface area contributed by atoms with Gasteiger partial charge in [-0.05, 0) is 137 Å². The van der Waals surface area contributed by atoms with Gasteiger partial charge in [0.2, 0.25) is 24.4 Å². The third kappa shape index (κ3) is 35.6. The maximum atomic E-state index is 12.3. The summed E-state index contributed by atoms with van der Waals surface area (Å²) in [6.45, 7) is 18.5. The molecule has 0 aromatic carbocycles. The van der Waals surface area contributed by atoms with Gasteiger partial charge >= 0.3 is 35.3 Å². The highest BCUT2D eigenvalue weighted by Crippen LogP contribution is 2.31. The lowest BCUT2D eigenvalue weighted by atomic mass is 9.82. The molecule has 2 aliphatic heterocycles. The first kappa shape index (κ1) is 77.4. The second-order valence-corrected chi connectivity index (χ2v) is 19.5. The number of nitrogens with zero attached hydrogens (tertiary/aromatic N) is 2. The molecule has 0 spiro atoms. The van der Waals surface area contributed by atoms with Crippen LogP contribution in [0.4, 0.5) is 9.59 Å². The number of carbonyl (C=O) groups is 12. The van der Waals surface area contributed by atoms with E-state index in [1.54, 1.807) is 46.1 Å². The highest BCUT2D eigenvalue weighted by atomic mass is 32.2. The number of allylic oxidation sites excluding steroid dienone is 4. The van der Waals surface area contributed by atoms with E-state index in [1.165, 1.54) is 26.0 Å². The number of thioether (sulfide) groups is 1. The number of rotatable bonds is 16. The monoisotopic (exact) mass is 1190 g/mol. The summed E-state index contributed by atoms with van der Waals surface area (Å²) >= 11 is 7.60. The average molecular weight is 1190 g/mol. The zero-order valence-electron chi connectivity index (χ0n) is 46.6. The molecule has 2 unspecified atom stereocenters. The quantitative estimate of drug-likeness (QED) is 0.0422. The molecule has 2 aliphatic carbocycles. The first-order valence-corrected chi connectivity index (χ1v) is 26.9. The number of aliphatic carboxylic acids is 1. The minimum Gasteiger partial charge on any atom is -0.478 e. The minimum absolute atomic E-state index is 0. The van der Waals surface area contributed by atoms with E-state index < -0.39 is 65.6 Å². The molecule has 2 saturated carbocycles. The Hall–Kier alpha value is -6.81. The van der Waals surface area contributed by atoms with Crippen LogP contribution in [0.5, 0.6) is 0 Å². The van der Waals surface area contributed by atoms with Gasteiger partial charge in [0.15, 0.2) is 0 Å². The van der Waals surface area contributed by atoms with E-state index in [1.807, 2.05) is 27.7 Å². The van der Waals surface area contributed by atoms with Crippen molar-refractivity contribution in [3.05, 3.63) is 46.6 Å². The van der Waals surface area contributed by atoms with E-state index in [2.05, 4.69) is 45.2 Å². The molecule has 0 bridgehead atoms. The number of nitrogens with one attached hydrogen (secondary N) is 4. The van der Waals surface area contributed by atoms with Gasteiger partial charge in [0, 0.05) is 102 Å². The molecular weight excluding hydrogens is 1110 g/mol. The molecule has 4 rings (SSSR count). The molecule has 450 valence electrons. The van der Waals surface area contributed by atoms with Crippen molar-refractivity contribution in [2.24, 2.45) is 23.7 Å². The molecule has 80 heavy (non-hydrogen) atoms. The molecule has 28 heteroatoms. The summed E-state index contributed by atoms with van der Waals surface area (Å²) < 4.78 is 30.7. The highest BCUT2D eigenvalue weighted by Gasteiger charge is 2.36. The number of hydrogen-bond donors (Lipinski definition) is 5. The van der Waals surface area contributed by atoms with Gasteiger partial charge in [0.25, 0.3) is 23.6 Å². The molecule has 6 amide bonds. The summed E-state index contributed by atoms with van der Waals surface area (Å²) in [7, 11) is 0. The number of hydrogen-bond acceptors (Lipinski definition) is 23. The van der Waals surface area contributed by atoms with E-state index in [0.717, 1.165) is 72.6 Å². The molecule has 2 heterocycles. The van der Waals surface area contributed by atoms with Gasteiger partial charge in [-0.2, -0.15) is 0 Å².